The van der Waals surface area contributed by atoms with Crippen molar-refractivity contribution in [2.45, 2.75) is 38.6 Å². The highest BCUT2D eigenvalue weighted by atomic mass is 19.1. The molecule has 1 aromatic carbocycles. The van der Waals surface area contributed by atoms with Crippen LogP contribution in [-0.4, -0.2) is 23.9 Å². The summed E-state index contributed by atoms with van der Waals surface area (Å²) in [4.78, 5) is 0. The van der Waals surface area contributed by atoms with Crippen molar-refractivity contribution in [1.29, 1.82) is 0 Å². The van der Waals surface area contributed by atoms with Crippen LogP contribution < -0.4 is 10.5 Å². The van der Waals surface area contributed by atoms with Crippen LogP contribution >= 0.6 is 0 Å². The van der Waals surface area contributed by atoms with Gasteiger partial charge in [0.15, 0.2) is 0 Å². The van der Waals surface area contributed by atoms with E-state index in [1.54, 1.807) is 19.1 Å². The summed E-state index contributed by atoms with van der Waals surface area (Å²) < 4.78 is 18.7. The number of rotatable bonds is 7. The highest BCUT2D eigenvalue weighted by molar-refractivity contribution is 5.27. The smallest absolute Gasteiger partial charge is 0.129 e. The third-order valence-electron chi connectivity index (χ3n) is 2.92. The van der Waals surface area contributed by atoms with Crippen molar-refractivity contribution in [3.63, 3.8) is 0 Å². The number of aliphatic hydroxyl groups excluding tert-OH is 1. The molecule has 0 radical (unpaired) electrons. The molecule has 4 heteroatoms. The summed E-state index contributed by atoms with van der Waals surface area (Å²) in [6.45, 7) is 4.06. The molecule has 0 aliphatic heterocycles. The van der Waals surface area contributed by atoms with E-state index in [1.807, 2.05) is 6.92 Å². The first-order valence-corrected chi connectivity index (χ1v) is 6.23. The van der Waals surface area contributed by atoms with Crippen molar-refractivity contribution in [3.05, 3.63) is 29.6 Å². The summed E-state index contributed by atoms with van der Waals surface area (Å²) in [5, 5.41) is 8.99. The molecule has 0 spiro atoms. The fraction of sp³-hybridized carbons (Fsp3) is 0.571. The number of nitrogens with two attached hydrogens (primary N) is 1. The van der Waals surface area contributed by atoms with Gasteiger partial charge in [0.25, 0.3) is 0 Å². The van der Waals surface area contributed by atoms with Crippen molar-refractivity contribution in [2.24, 2.45) is 5.73 Å². The number of benzene rings is 1. The average molecular weight is 255 g/mol. The van der Waals surface area contributed by atoms with E-state index in [0.717, 1.165) is 19.3 Å². The van der Waals surface area contributed by atoms with E-state index in [2.05, 4.69) is 0 Å². The molecule has 1 atom stereocenters. The van der Waals surface area contributed by atoms with Crippen LogP contribution in [0.5, 0.6) is 5.75 Å². The molecule has 0 saturated heterocycles. The highest BCUT2D eigenvalue weighted by Gasteiger charge is 2.15. The van der Waals surface area contributed by atoms with Crippen molar-refractivity contribution in [3.8, 4) is 5.75 Å². The van der Waals surface area contributed by atoms with E-state index in [9.17, 15) is 4.39 Å². The minimum atomic E-state index is -0.518. The van der Waals surface area contributed by atoms with Crippen LogP contribution in [0, 0.1) is 12.7 Å². The maximum absolute atomic E-state index is 13.2. The third-order valence-corrected chi connectivity index (χ3v) is 2.92. The first kappa shape index (κ1) is 14.9. The van der Waals surface area contributed by atoms with Crippen LogP contribution in [0.2, 0.25) is 0 Å². The van der Waals surface area contributed by atoms with Crippen LogP contribution in [0.3, 0.4) is 0 Å². The summed E-state index contributed by atoms with van der Waals surface area (Å²) in [5.41, 5.74) is 5.90. The molecule has 0 fully saturated rings. The Bertz CT molecular complexity index is 380. The second-order valence-electron chi connectivity index (χ2n) is 5.03. The molecule has 18 heavy (non-hydrogen) atoms. The van der Waals surface area contributed by atoms with Crippen molar-refractivity contribution in [2.75, 3.05) is 13.2 Å². The summed E-state index contributed by atoms with van der Waals surface area (Å²) in [6.07, 6.45) is 2.46. The fourth-order valence-electron chi connectivity index (χ4n) is 1.56. The topological polar surface area (TPSA) is 55.5 Å². The molecule has 1 rings (SSSR count). The van der Waals surface area contributed by atoms with E-state index in [4.69, 9.17) is 15.6 Å². The molecular formula is C14H22FNO2. The predicted octanol–water partition coefficient (Wildman–Crippen LogP) is 2.39. The lowest BCUT2D eigenvalue weighted by Crippen LogP contribution is -2.39. The molecule has 3 nitrogen and oxygen atoms in total. The molecule has 0 aromatic heterocycles. The lowest BCUT2D eigenvalue weighted by atomic mass is 9.97. The summed E-state index contributed by atoms with van der Waals surface area (Å²) >= 11 is 0. The zero-order valence-electron chi connectivity index (χ0n) is 11.1. The highest BCUT2D eigenvalue weighted by Crippen LogP contribution is 2.16. The Morgan fingerprint density at radius 2 is 2.11 bits per heavy atom. The molecule has 0 aliphatic rings. The standard InChI is InChI=1S/C14H22FNO2/c1-11-5-6-12(9-13(11)15)18-8-4-3-7-14(2,16)10-17/h5-6,9,17H,3-4,7-8,10,16H2,1-2H3. The molecular weight excluding hydrogens is 233 g/mol. The number of hydrogen-bond donors (Lipinski definition) is 2. The average Bonchev–Trinajstić information content (AvgIpc) is 2.33. The van der Waals surface area contributed by atoms with Gasteiger partial charge in [0.05, 0.1) is 13.2 Å². The second-order valence-corrected chi connectivity index (χ2v) is 5.03. The van der Waals surface area contributed by atoms with Crippen LogP contribution in [0.15, 0.2) is 18.2 Å². The number of hydrogen-bond acceptors (Lipinski definition) is 3. The Morgan fingerprint density at radius 1 is 1.39 bits per heavy atom. The first-order valence-electron chi connectivity index (χ1n) is 6.23. The maximum atomic E-state index is 13.2. The Hall–Kier alpha value is -1.13. The zero-order valence-corrected chi connectivity index (χ0v) is 11.1. The fourth-order valence-corrected chi connectivity index (χ4v) is 1.56. The number of ether oxygens (including phenoxy) is 1. The van der Waals surface area contributed by atoms with Crippen LogP contribution in [0.25, 0.3) is 0 Å². The van der Waals surface area contributed by atoms with Gasteiger partial charge in [-0.15, -0.1) is 0 Å². The molecule has 1 unspecified atom stereocenters. The predicted molar refractivity (Wildman–Crippen MR) is 70.2 cm³/mol. The molecule has 102 valence electrons. The van der Waals surface area contributed by atoms with E-state index in [1.165, 1.54) is 6.07 Å². The lowest BCUT2D eigenvalue weighted by Gasteiger charge is -2.21. The number of aryl methyl sites for hydroxylation is 1. The van der Waals surface area contributed by atoms with Gasteiger partial charge in [0.1, 0.15) is 11.6 Å². The lowest BCUT2D eigenvalue weighted by molar-refractivity contribution is 0.194. The summed E-state index contributed by atoms with van der Waals surface area (Å²) in [7, 11) is 0. The normalized spacial score (nSPS) is 14.3. The first-order chi connectivity index (χ1) is 8.44. The SMILES string of the molecule is Cc1ccc(OCCCCC(C)(N)CO)cc1F. The van der Waals surface area contributed by atoms with E-state index >= 15 is 0 Å². The second kappa shape index (κ2) is 6.71. The van der Waals surface area contributed by atoms with E-state index in [0.29, 0.717) is 17.9 Å². The van der Waals surface area contributed by atoms with Gasteiger partial charge in [0, 0.05) is 11.6 Å². The van der Waals surface area contributed by atoms with Crippen molar-refractivity contribution in [1.82, 2.24) is 0 Å². The van der Waals surface area contributed by atoms with Gasteiger partial charge in [-0.05, 0) is 44.7 Å². The van der Waals surface area contributed by atoms with Gasteiger partial charge in [-0.2, -0.15) is 0 Å². The van der Waals surface area contributed by atoms with Crippen LogP contribution in [0.4, 0.5) is 4.39 Å². The molecule has 0 bridgehead atoms. The maximum Gasteiger partial charge on any atom is 0.129 e. The minimum Gasteiger partial charge on any atom is -0.493 e. The summed E-state index contributed by atoms with van der Waals surface area (Å²) in [5.74, 6) is 0.304. The van der Waals surface area contributed by atoms with E-state index in [-0.39, 0.29) is 12.4 Å². The van der Waals surface area contributed by atoms with E-state index < -0.39 is 5.54 Å². The van der Waals surface area contributed by atoms with Crippen molar-refractivity contribution < 1.29 is 14.2 Å². The van der Waals surface area contributed by atoms with Crippen LogP contribution in [0.1, 0.15) is 31.7 Å². The molecule has 0 aliphatic carbocycles. The molecule has 0 amide bonds. The largest absolute Gasteiger partial charge is 0.493 e. The van der Waals surface area contributed by atoms with Gasteiger partial charge in [-0.25, -0.2) is 4.39 Å². The van der Waals surface area contributed by atoms with Gasteiger partial charge in [-0.1, -0.05) is 6.07 Å². The Kier molecular flexibility index (Phi) is 5.56. The zero-order chi connectivity index (χ0) is 13.6. The minimum absolute atomic E-state index is 0.0168. The molecule has 3 N–H and O–H groups in total. The third kappa shape index (κ3) is 5.02. The summed E-state index contributed by atoms with van der Waals surface area (Å²) in [6, 6.07) is 4.86. The molecule has 0 saturated carbocycles. The van der Waals surface area contributed by atoms with Crippen molar-refractivity contribution >= 4 is 0 Å². The molecule has 0 heterocycles. The van der Waals surface area contributed by atoms with Gasteiger partial charge >= 0.3 is 0 Å². The number of aliphatic hydroxyl groups is 1. The Balaban J connectivity index is 2.24. The number of halogens is 1. The quantitative estimate of drug-likeness (QED) is 0.736. The van der Waals surface area contributed by atoms with Crippen LogP contribution in [-0.2, 0) is 0 Å². The van der Waals surface area contributed by atoms with Gasteiger partial charge in [0.2, 0.25) is 0 Å². The molecule has 1 aromatic rings. The Morgan fingerprint density at radius 3 is 2.72 bits per heavy atom. The van der Waals surface area contributed by atoms with Gasteiger partial charge < -0.3 is 15.6 Å². The van der Waals surface area contributed by atoms with Gasteiger partial charge in [-0.3, -0.25) is 0 Å². The number of unbranched alkanes of at least 4 members (excludes halogenated alkanes) is 1. The Labute approximate surface area is 108 Å². The monoisotopic (exact) mass is 255 g/mol.